The molecule has 0 fully saturated rings. The lowest BCUT2D eigenvalue weighted by atomic mass is 9.87. The van der Waals surface area contributed by atoms with Crippen molar-refractivity contribution in [3.8, 4) is 0 Å². The van der Waals surface area contributed by atoms with Gasteiger partial charge in [-0.3, -0.25) is 4.79 Å². The quantitative estimate of drug-likeness (QED) is 0.0647. The van der Waals surface area contributed by atoms with Crippen LogP contribution in [-0.2, 0) is 4.79 Å². The van der Waals surface area contributed by atoms with E-state index < -0.39 is 11.5 Å². The highest BCUT2D eigenvalue weighted by Gasteiger charge is 2.32. The Morgan fingerprint density at radius 2 is 0.744 bits per heavy atom. The Kier molecular flexibility index (Phi) is 29.5. The second kappa shape index (κ2) is 30.1. The van der Waals surface area contributed by atoms with Crippen LogP contribution in [0.1, 0.15) is 206 Å². The van der Waals surface area contributed by atoms with E-state index >= 15 is 0 Å². The van der Waals surface area contributed by atoms with Crippen LogP contribution in [0, 0.1) is 0 Å². The molecule has 1 atom stereocenters. The van der Waals surface area contributed by atoms with Gasteiger partial charge in [0, 0.05) is 0 Å². The van der Waals surface area contributed by atoms with Gasteiger partial charge in [0.1, 0.15) is 5.54 Å². The van der Waals surface area contributed by atoms with E-state index in [4.69, 9.17) is 5.73 Å². The third-order valence-electron chi connectivity index (χ3n) is 8.54. The van der Waals surface area contributed by atoms with Crippen molar-refractivity contribution in [1.82, 2.24) is 0 Å². The van der Waals surface area contributed by atoms with Gasteiger partial charge in [-0.25, -0.2) is 0 Å². The Hall–Kier alpha value is -0.830. The van der Waals surface area contributed by atoms with E-state index in [-0.39, 0.29) is 0 Å². The molecule has 0 spiro atoms. The van der Waals surface area contributed by atoms with Crippen LogP contribution in [0.15, 0.2) is 12.2 Å². The van der Waals surface area contributed by atoms with E-state index in [1.165, 1.54) is 154 Å². The zero-order chi connectivity index (χ0) is 28.7. The molecule has 0 bridgehead atoms. The van der Waals surface area contributed by atoms with E-state index in [0.717, 1.165) is 25.7 Å². The number of carboxylic acid groups (broad SMARTS) is 1. The summed E-state index contributed by atoms with van der Waals surface area (Å²) in [7, 11) is 0. The molecule has 0 aromatic carbocycles. The Balaban J connectivity index is 3.58. The number of nitrogens with two attached hydrogens (primary N) is 1. The second-order valence-corrected chi connectivity index (χ2v) is 12.5. The van der Waals surface area contributed by atoms with E-state index in [1.54, 1.807) is 0 Å². The summed E-state index contributed by atoms with van der Waals surface area (Å²) in [5.41, 5.74) is 5.33. The van der Waals surface area contributed by atoms with Crippen LogP contribution in [0.25, 0.3) is 0 Å². The lowest BCUT2D eigenvalue weighted by molar-refractivity contribution is -0.144. The van der Waals surface area contributed by atoms with E-state index in [1.807, 2.05) is 0 Å². The predicted octanol–water partition coefficient (Wildman–Crippen LogP) is 12.1. The molecule has 0 heterocycles. The predicted molar refractivity (Wildman–Crippen MR) is 174 cm³/mol. The van der Waals surface area contributed by atoms with Crippen molar-refractivity contribution < 1.29 is 9.90 Å². The van der Waals surface area contributed by atoms with Crippen molar-refractivity contribution in [2.75, 3.05) is 0 Å². The monoisotopic (exact) mass is 550 g/mol. The van der Waals surface area contributed by atoms with Crippen LogP contribution in [0.2, 0.25) is 0 Å². The van der Waals surface area contributed by atoms with Crippen LogP contribution in [0.4, 0.5) is 0 Å². The third kappa shape index (κ3) is 27.1. The minimum Gasteiger partial charge on any atom is -0.480 e. The number of allylic oxidation sites excluding steroid dienone is 2. The number of carboxylic acids is 1. The smallest absolute Gasteiger partial charge is 0.323 e. The highest BCUT2D eigenvalue weighted by molar-refractivity contribution is 5.78. The first-order chi connectivity index (χ1) is 19.1. The first-order valence-electron chi connectivity index (χ1n) is 17.7. The zero-order valence-corrected chi connectivity index (χ0v) is 26.8. The Morgan fingerprint density at radius 3 is 1.03 bits per heavy atom. The molecule has 3 heteroatoms. The fourth-order valence-electron chi connectivity index (χ4n) is 5.66. The summed E-state index contributed by atoms with van der Waals surface area (Å²) in [6.45, 7) is 4.55. The van der Waals surface area contributed by atoms with Gasteiger partial charge in [-0.15, -0.1) is 0 Å². The Morgan fingerprint density at radius 1 is 0.487 bits per heavy atom. The van der Waals surface area contributed by atoms with Gasteiger partial charge in [0.2, 0.25) is 0 Å². The normalized spacial score (nSPS) is 13.3. The van der Waals surface area contributed by atoms with Crippen molar-refractivity contribution >= 4 is 5.97 Å². The molecule has 0 saturated heterocycles. The fourth-order valence-corrected chi connectivity index (χ4v) is 5.66. The topological polar surface area (TPSA) is 63.3 Å². The van der Waals surface area contributed by atoms with Crippen LogP contribution >= 0.6 is 0 Å². The molecular formula is C36H71NO2. The summed E-state index contributed by atoms with van der Waals surface area (Å²) in [4.78, 5) is 11.8. The van der Waals surface area contributed by atoms with Crippen molar-refractivity contribution in [1.29, 1.82) is 0 Å². The van der Waals surface area contributed by atoms with Crippen LogP contribution in [0.5, 0.6) is 0 Å². The summed E-state index contributed by atoms with van der Waals surface area (Å²) < 4.78 is 0. The number of rotatable bonds is 32. The number of carbonyl (C=O) groups is 1. The molecule has 0 rings (SSSR count). The first-order valence-corrected chi connectivity index (χ1v) is 17.7. The summed E-state index contributed by atoms with van der Waals surface area (Å²) in [6, 6.07) is 0. The summed E-state index contributed by atoms with van der Waals surface area (Å²) in [5.74, 6) is -0.801. The zero-order valence-electron chi connectivity index (χ0n) is 26.8. The molecule has 0 aromatic rings. The molecule has 0 aliphatic carbocycles. The maximum absolute atomic E-state index is 11.8. The lowest BCUT2D eigenvalue weighted by Gasteiger charge is -2.24. The van der Waals surface area contributed by atoms with Crippen LogP contribution in [-0.4, -0.2) is 16.6 Å². The molecule has 0 aromatic heterocycles. The standard InChI is InChI=1S/C36H71NO2/c1-3-5-7-9-11-13-15-17-19-20-22-24-26-28-30-32-34-36(37,35(38)39)33-31-29-27-25-23-21-18-16-14-12-10-8-6-4-2/h17,19H,3-16,18,20-34,37H2,1-2H3,(H,38,39). The van der Waals surface area contributed by atoms with Gasteiger partial charge in [0.15, 0.2) is 0 Å². The number of hydrogen-bond donors (Lipinski definition) is 2. The molecule has 3 nitrogen and oxygen atoms in total. The summed E-state index contributed by atoms with van der Waals surface area (Å²) >= 11 is 0. The number of aliphatic carboxylic acids is 1. The molecule has 1 unspecified atom stereocenters. The molecule has 39 heavy (non-hydrogen) atoms. The lowest BCUT2D eigenvalue weighted by Crippen LogP contribution is -2.47. The largest absolute Gasteiger partial charge is 0.480 e. The van der Waals surface area contributed by atoms with Gasteiger partial charge in [-0.05, 0) is 38.5 Å². The van der Waals surface area contributed by atoms with Crippen LogP contribution < -0.4 is 5.73 Å². The fraction of sp³-hybridized carbons (Fsp3) is 0.917. The maximum Gasteiger partial charge on any atom is 0.323 e. The van der Waals surface area contributed by atoms with E-state index in [9.17, 15) is 9.90 Å². The van der Waals surface area contributed by atoms with Crippen molar-refractivity contribution in [2.45, 2.75) is 212 Å². The van der Waals surface area contributed by atoms with E-state index in [0.29, 0.717) is 12.8 Å². The Bertz CT molecular complexity index is 532. The molecule has 0 aliphatic rings. The molecule has 232 valence electrons. The van der Waals surface area contributed by atoms with Gasteiger partial charge in [-0.2, -0.15) is 0 Å². The molecule has 0 radical (unpaired) electrons. The number of unbranched alkanes of at least 4 members (excludes halogenated alkanes) is 25. The van der Waals surface area contributed by atoms with Gasteiger partial charge >= 0.3 is 5.97 Å². The van der Waals surface area contributed by atoms with Gasteiger partial charge in [-0.1, -0.05) is 180 Å². The Labute approximate surface area is 245 Å². The minimum absolute atomic E-state index is 0.627. The van der Waals surface area contributed by atoms with Crippen molar-refractivity contribution in [3.63, 3.8) is 0 Å². The number of hydrogen-bond acceptors (Lipinski definition) is 2. The van der Waals surface area contributed by atoms with Crippen molar-refractivity contribution in [3.05, 3.63) is 12.2 Å². The molecule has 0 saturated carbocycles. The summed E-state index contributed by atoms with van der Waals surface area (Å²) in [5, 5.41) is 9.73. The molecular weight excluding hydrogens is 478 g/mol. The molecule has 0 amide bonds. The van der Waals surface area contributed by atoms with Gasteiger partial charge in [0.05, 0.1) is 0 Å². The first kappa shape index (κ1) is 38.2. The minimum atomic E-state index is -1.02. The highest BCUT2D eigenvalue weighted by atomic mass is 16.4. The maximum atomic E-state index is 11.8. The average Bonchev–Trinajstić information content (AvgIpc) is 2.93. The van der Waals surface area contributed by atoms with E-state index in [2.05, 4.69) is 26.0 Å². The van der Waals surface area contributed by atoms with Gasteiger partial charge in [0.25, 0.3) is 0 Å². The SMILES string of the molecule is CCCCCCCCC=CCCCCCCCCC(N)(CCCCCCCCCCCCCCCC)C(=O)O. The molecule has 0 aliphatic heterocycles. The average molecular weight is 550 g/mol. The third-order valence-corrected chi connectivity index (χ3v) is 8.54. The van der Waals surface area contributed by atoms with Crippen LogP contribution in [0.3, 0.4) is 0 Å². The van der Waals surface area contributed by atoms with Gasteiger partial charge < -0.3 is 10.8 Å². The highest BCUT2D eigenvalue weighted by Crippen LogP contribution is 2.22. The second-order valence-electron chi connectivity index (χ2n) is 12.5. The van der Waals surface area contributed by atoms with Crippen molar-refractivity contribution in [2.24, 2.45) is 5.73 Å². The summed E-state index contributed by atoms with van der Waals surface area (Å²) in [6.07, 6.45) is 42.3. The molecule has 3 N–H and O–H groups in total.